The lowest BCUT2D eigenvalue weighted by Crippen LogP contribution is -2.16. The topological polar surface area (TPSA) is 98.7 Å². The first-order valence-corrected chi connectivity index (χ1v) is 5.29. The number of benzene rings is 1. The van der Waals surface area contributed by atoms with Gasteiger partial charge in [0.05, 0.1) is 12.6 Å². The number of aromatic nitrogens is 4. The van der Waals surface area contributed by atoms with Gasteiger partial charge < -0.3 is 5.73 Å². The maximum absolute atomic E-state index is 12.7. The van der Waals surface area contributed by atoms with Crippen LogP contribution >= 0.6 is 0 Å². The van der Waals surface area contributed by atoms with E-state index in [0.29, 0.717) is 6.07 Å². The third kappa shape index (κ3) is 2.84. The molecule has 2 aromatic rings. The van der Waals surface area contributed by atoms with Gasteiger partial charge in [0.15, 0.2) is 0 Å². The molecule has 0 spiro atoms. The first-order valence-electron chi connectivity index (χ1n) is 5.29. The fraction of sp³-hybridized carbons (Fsp3) is 0.200. The van der Waals surface area contributed by atoms with Crippen LogP contribution in [0.25, 0.3) is 0 Å². The third-order valence-electron chi connectivity index (χ3n) is 2.35. The number of alkyl halides is 3. The number of nitrogen functional groups attached to an aromatic ring is 1. The first-order chi connectivity index (χ1) is 9.27. The second-order valence-corrected chi connectivity index (χ2v) is 3.86. The van der Waals surface area contributed by atoms with Crippen molar-refractivity contribution in [3.05, 3.63) is 29.3 Å². The highest BCUT2D eigenvalue weighted by molar-refractivity contribution is 6.03. The maximum atomic E-state index is 12.7. The van der Waals surface area contributed by atoms with Crippen molar-refractivity contribution >= 4 is 17.5 Å². The van der Waals surface area contributed by atoms with E-state index in [4.69, 9.17) is 5.73 Å². The molecule has 2 rings (SSSR count). The molecule has 0 fully saturated rings. The van der Waals surface area contributed by atoms with Crippen LogP contribution < -0.4 is 11.1 Å². The number of halogens is 3. The molecule has 1 aromatic heterocycles. The quantitative estimate of drug-likeness (QED) is 0.804. The number of nitrogens with two attached hydrogens (primary N) is 1. The van der Waals surface area contributed by atoms with Crippen LogP contribution in [0.2, 0.25) is 0 Å². The Bertz CT molecular complexity index is 651. The Morgan fingerprint density at radius 3 is 2.65 bits per heavy atom. The molecule has 0 saturated carbocycles. The number of aryl methyl sites for hydroxylation is 1. The summed E-state index contributed by atoms with van der Waals surface area (Å²) in [6, 6.07) is 2.86. The third-order valence-corrected chi connectivity index (χ3v) is 2.35. The maximum Gasteiger partial charge on any atom is 0.418 e. The standard InChI is InChI=1S/C10H9F3N6O/c1-19-17-9(16-18-19)15-8(20)5-2-3-7(14)6(4-5)10(11,12)13/h2-4H,14H2,1H3,(H,15,17,20). The van der Waals surface area contributed by atoms with Crippen LogP contribution in [0.4, 0.5) is 24.8 Å². The molecule has 0 bridgehead atoms. The van der Waals surface area contributed by atoms with E-state index < -0.39 is 23.3 Å². The normalized spacial score (nSPS) is 11.4. The van der Waals surface area contributed by atoms with Crippen LogP contribution in [0.1, 0.15) is 15.9 Å². The van der Waals surface area contributed by atoms with Crippen LogP contribution in [-0.2, 0) is 13.2 Å². The summed E-state index contributed by atoms with van der Waals surface area (Å²) in [5.74, 6) is -0.897. The number of amides is 1. The van der Waals surface area contributed by atoms with Gasteiger partial charge in [-0.15, -0.1) is 5.10 Å². The van der Waals surface area contributed by atoms with Gasteiger partial charge in [-0.3, -0.25) is 10.1 Å². The predicted molar refractivity (Wildman–Crippen MR) is 62.6 cm³/mol. The minimum Gasteiger partial charge on any atom is -0.398 e. The molecule has 7 nitrogen and oxygen atoms in total. The molecule has 0 saturated heterocycles. The SMILES string of the molecule is Cn1nnc(NC(=O)c2ccc(N)c(C(F)(F)F)c2)n1. The summed E-state index contributed by atoms with van der Waals surface area (Å²) >= 11 is 0. The summed E-state index contributed by atoms with van der Waals surface area (Å²) < 4.78 is 38.0. The van der Waals surface area contributed by atoms with E-state index in [9.17, 15) is 18.0 Å². The van der Waals surface area contributed by atoms with E-state index in [1.165, 1.54) is 13.1 Å². The Morgan fingerprint density at radius 1 is 1.40 bits per heavy atom. The lowest BCUT2D eigenvalue weighted by Gasteiger charge is -2.11. The number of nitrogens with one attached hydrogen (secondary N) is 1. The number of carbonyl (C=O) groups excluding carboxylic acids is 1. The smallest absolute Gasteiger partial charge is 0.398 e. The molecule has 0 unspecified atom stereocenters. The summed E-state index contributed by atoms with van der Waals surface area (Å²) in [6.45, 7) is 0. The summed E-state index contributed by atoms with van der Waals surface area (Å²) in [4.78, 5) is 12.9. The molecule has 20 heavy (non-hydrogen) atoms. The van der Waals surface area contributed by atoms with Crippen LogP contribution in [0.3, 0.4) is 0 Å². The van der Waals surface area contributed by atoms with E-state index in [1.54, 1.807) is 0 Å². The van der Waals surface area contributed by atoms with Crippen molar-refractivity contribution in [3.8, 4) is 0 Å². The van der Waals surface area contributed by atoms with E-state index in [2.05, 4.69) is 20.7 Å². The van der Waals surface area contributed by atoms with E-state index in [1.807, 2.05) is 0 Å². The van der Waals surface area contributed by atoms with Crippen molar-refractivity contribution in [2.24, 2.45) is 7.05 Å². The number of rotatable bonds is 2. The number of carbonyl (C=O) groups is 1. The highest BCUT2D eigenvalue weighted by Gasteiger charge is 2.33. The van der Waals surface area contributed by atoms with Crippen LogP contribution in [0, 0.1) is 0 Å². The van der Waals surface area contributed by atoms with E-state index in [0.717, 1.165) is 10.9 Å². The fourth-order valence-electron chi connectivity index (χ4n) is 1.45. The van der Waals surface area contributed by atoms with Crippen LogP contribution in [-0.4, -0.2) is 26.1 Å². The summed E-state index contributed by atoms with van der Waals surface area (Å²) in [5.41, 5.74) is 3.51. The molecule has 1 amide bonds. The Balaban J connectivity index is 2.27. The molecule has 0 aliphatic rings. The molecule has 1 heterocycles. The average molecular weight is 286 g/mol. The Labute approximate surface area is 110 Å². The van der Waals surface area contributed by atoms with Crippen molar-refractivity contribution in [1.82, 2.24) is 20.2 Å². The van der Waals surface area contributed by atoms with Gasteiger partial charge in [-0.05, 0) is 23.4 Å². The van der Waals surface area contributed by atoms with Gasteiger partial charge in [-0.1, -0.05) is 5.10 Å². The van der Waals surface area contributed by atoms with E-state index >= 15 is 0 Å². The highest BCUT2D eigenvalue weighted by atomic mass is 19.4. The number of hydrogen-bond acceptors (Lipinski definition) is 5. The van der Waals surface area contributed by atoms with Crippen LogP contribution in [0.5, 0.6) is 0 Å². The Kier molecular flexibility index (Phi) is 3.30. The van der Waals surface area contributed by atoms with Gasteiger partial charge in [0.1, 0.15) is 0 Å². The fourth-order valence-corrected chi connectivity index (χ4v) is 1.45. The number of tetrazole rings is 1. The van der Waals surface area contributed by atoms with Crippen molar-refractivity contribution in [3.63, 3.8) is 0 Å². The van der Waals surface area contributed by atoms with Gasteiger partial charge in [0.2, 0.25) is 0 Å². The molecular weight excluding hydrogens is 277 g/mol. The molecule has 0 aliphatic heterocycles. The van der Waals surface area contributed by atoms with Gasteiger partial charge in [0, 0.05) is 11.3 Å². The van der Waals surface area contributed by atoms with Crippen LogP contribution in [0.15, 0.2) is 18.2 Å². The largest absolute Gasteiger partial charge is 0.418 e. The van der Waals surface area contributed by atoms with Gasteiger partial charge in [0.25, 0.3) is 11.9 Å². The molecule has 0 radical (unpaired) electrons. The Hall–Kier alpha value is -2.65. The highest BCUT2D eigenvalue weighted by Crippen LogP contribution is 2.34. The first kappa shape index (κ1) is 13.8. The Morgan fingerprint density at radius 2 is 2.10 bits per heavy atom. The monoisotopic (exact) mass is 286 g/mol. The minimum atomic E-state index is -4.63. The van der Waals surface area contributed by atoms with Crippen molar-refractivity contribution in [2.75, 3.05) is 11.1 Å². The average Bonchev–Trinajstić information content (AvgIpc) is 2.73. The molecule has 1 aromatic carbocycles. The molecule has 3 N–H and O–H groups in total. The van der Waals surface area contributed by atoms with Crippen molar-refractivity contribution in [2.45, 2.75) is 6.18 Å². The summed E-state index contributed by atoms with van der Waals surface area (Å²) in [5, 5.41) is 12.9. The molecule has 10 heteroatoms. The predicted octanol–water partition coefficient (Wildman–Crippen LogP) is 1.06. The van der Waals surface area contributed by atoms with Crippen molar-refractivity contribution in [1.29, 1.82) is 0 Å². The molecule has 106 valence electrons. The lowest BCUT2D eigenvalue weighted by atomic mass is 10.1. The molecule has 0 atom stereocenters. The summed E-state index contributed by atoms with van der Waals surface area (Å²) in [6.07, 6.45) is -4.63. The molecular formula is C10H9F3N6O. The van der Waals surface area contributed by atoms with E-state index in [-0.39, 0.29) is 11.5 Å². The minimum absolute atomic E-state index is 0.108. The zero-order valence-corrected chi connectivity index (χ0v) is 10.1. The summed E-state index contributed by atoms with van der Waals surface area (Å²) in [7, 11) is 1.48. The van der Waals surface area contributed by atoms with Gasteiger partial charge in [-0.2, -0.15) is 18.0 Å². The second kappa shape index (κ2) is 4.79. The van der Waals surface area contributed by atoms with Gasteiger partial charge >= 0.3 is 6.18 Å². The lowest BCUT2D eigenvalue weighted by molar-refractivity contribution is -0.136. The number of anilines is 2. The van der Waals surface area contributed by atoms with Crippen molar-refractivity contribution < 1.29 is 18.0 Å². The van der Waals surface area contributed by atoms with Gasteiger partial charge in [-0.25, -0.2) is 0 Å². The zero-order valence-electron chi connectivity index (χ0n) is 10.1. The molecule has 0 aliphatic carbocycles. The second-order valence-electron chi connectivity index (χ2n) is 3.86. The zero-order chi connectivity index (χ0) is 14.9. The number of nitrogens with zero attached hydrogens (tertiary/aromatic N) is 4. The number of hydrogen-bond donors (Lipinski definition) is 2.